The van der Waals surface area contributed by atoms with Gasteiger partial charge in [0.25, 0.3) is 0 Å². The lowest BCUT2D eigenvalue weighted by Gasteiger charge is -2.13. The van der Waals surface area contributed by atoms with Gasteiger partial charge >= 0.3 is 0 Å². The molecule has 0 unspecified atom stereocenters. The van der Waals surface area contributed by atoms with Gasteiger partial charge in [-0.15, -0.1) is 0 Å². The highest BCUT2D eigenvalue weighted by atomic mass is 35.6. The predicted octanol–water partition coefficient (Wildman–Crippen LogP) is 5.12. The summed E-state index contributed by atoms with van der Waals surface area (Å²) >= 11 is 30.0. The number of alkyl halides is 3. The van der Waals surface area contributed by atoms with Crippen molar-refractivity contribution in [1.29, 1.82) is 0 Å². The standard InChI is InChI=1S/C16H11Cl5N6/c17-10-5-9(6-11(18)7-10)13-25-14(16(19,20)21)27-15(26-13)24-2-1-12-8-22-3-4-23-12/h3-8H,1-2H2,(H,24,25,26,27). The highest BCUT2D eigenvalue weighted by Crippen LogP contribution is 2.37. The SMILES string of the molecule is Clc1cc(Cl)cc(-c2nc(NCCc3cnccn3)nc(C(Cl)(Cl)Cl)n2)c1. The van der Waals surface area contributed by atoms with E-state index in [4.69, 9.17) is 58.0 Å². The first kappa shape index (κ1) is 20.3. The van der Waals surface area contributed by atoms with Crippen LogP contribution >= 0.6 is 58.0 Å². The largest absolute Gasteiger partial charge is 0.354 e. The van der Waals surface area contributed by atoms with Crippen molar-refractivity contribution in [2.45, 2.75) is 10.2 Å². The smallest absolute Gasteiger partial charge is 0.250 e. The summed E-state index contributed by atoms with van der Waals surface area (Å²) in [5, 5.41) is 3.94. The summed E-state index contributed by atoms with van der Waals surface area (Å²) in [6, 6.07) is 4.92. The quantitative estimate of drug-likeness (QED) is 0.529. The first-order valence-corrected chi connectivity index (χ1v) is 9.49. The maximum atomic E-state index is 6.06. The highest BCUT2D eigenvalue weighted by molar-refractivity contribution is 6.66. The van der Waals surface area contributed by atoms with Crippen LogP contribution < -0.4 is 5.32 Å². The molecule has 1 aromatic carbocycles. The van der Waals surface area contributed by atoms with Gasteiger partial charge in [-0.25, -0.2) is 4.98 Å². The number of aromatic nitrogens is 5. The van der Waals surface area contributed by atoms with Gasteiger partial charge in [-0.3, -0.25) is 9.97 Å². The van der Waals surface area contributed by atoms with Gasteiger partial charge in [0.2, 0.25) is 9.74 Å². The summed E-state index contributed by atoms with van der Waals surface area (Å²) < 4.78 is -1.82. The fraction of sp³-hybridized carbons (Fsp3) is 0.188. The molecule has 140 valence electrons. The van der Waals surface area contributed by atoms with Crippen molar-refractivity contribution in [3.8, 4) is 11.4 Å². The molecule has 27 heavy (non-hydrogen) atoms. The molecule has 0 bridgehead atoms. The van der Waals surface area contributed by atoms with Crippen LogP contribution in [0.5, 0.6) is 0 Å². The molecule has 3 rings (SSSR count). The predicted molar refractivity (Wildman–Crippen MR) is 109 cm³/mol. The number of rotatable bonds is 5. The van der Waals surface area contributed by atoms with Gasteiger partial charge < -0.3 is 5.32 Å². The Bertz CT molecular complexity index is 912. The maximum absolute atomic E-state index is 6.06. The van der Waals surface area contributed by atoms with Crippen LogP contribution in [0.1, 0.15) is 11.5 Å². The van der Waals surface area contributed by atoms with Crippen molar-refractivity contribution >= 4 is 64.0 Å². The molecule has 6 nitrogen and oxygen atoms in total. The molecule has 2 aromatic heterocycles. The van der Waals surface area contributed by atoms with Crippen molar-refractivity contribution in [2.75, 3.05) is 11.9 Å². The van der Waals surface area contributed by atoms with Crippen LogP contribution in [-0.4, -0.2) is 31.5 Å². The van der Waals surface area contributed by atoms with Gasteiger partial charge in [-0.2, -0.15) is 9.97 Å². The Labute approximate surface area is 180 Å². The van der Waals surface area contributed by atoms with Gasteiger partial charge in [-0.05, 0) is 18.2 Å². The molecule has 0 fully saturated rings. The van der Waals surface area contributed by atoms with E-state index in [0.717, 1.165) is 5.69 Å². The average Bonchev–Trinajstić information content (AvgIpc) is 2.61. The van der Waals surface area contributed by atoms with E-state index in [1.54, 1.807) is 36.8 Å². The van der Waals surface area contributed by atoms with Crippen molar-refractivity contribution in [2.24, 2.45) is 0 Å². The molecule has 0 aliphatic rings. The number of nitrogens with one attached hydrogen (secondary N) is 1. The van der Waals surface area contributed by atoms with E-state index in [9.17, 15) is 0 Å². The van der Waals surface area contributed by atoms with Crippen LogP contribution in [0.2, 0.25) is 10.0 Å². The van der Waals surface area contributed by atoms with Crippen molar-refractivity contribution < 1.29 is 0 Å². The third-order valence-corrected chi connectivity index (χ3v) is 4.23. The number of hydrogen-bond donors (Lipinski definition) is 1. The van der Waals surface area contributed by atoms with E-state index in [1.807, 2.05) is 0 Å². The third-order valence-electron chi connectivity index (χ3n) is 3.29. The molecule has 1 N–H and O–H groups in total. The molecule has 0 saturated heterocycles. The number of halogens is 5. The Balaban J connectivity index is 1.89. The van der Waals surface area contributed by atoms with Crippen LogP contribution in [0.4, 0.5) is 5.95 Å². The van der Waals surface area contributed by atoms with E-state index >= 15 is 0 Å². The summed E-state index contributed by atoms with van der Waals surface area (Å²) in [7, 11) is 0. The van der Waals surface area contributed by atoms with Crippen LogP contribution in [0.25, 0.3) is 11.4 Å². The highest BCUT2D eigenvalue weighted by Gasteiger charge is 2.28. The van der Waals surface area contributed by atoms with Gasteiger partial charge in [0, 0.05) is 47.2 Å². The summed E-state index contributed by atoms with van der Waals surface area (Å²) in [6.07, 6.45) is 5.53. The first-order chi connectivity index (χ1) is 12.8. The van der Waals surface area contributed by atoms with Gasteiger partial charge in [0.1, 0.15) is 0 Å². The van der Waals surface area contributed by atoms with Crippen LogP contribution in [0.15, 0.2) is 36.8 Å². The lowest BCUT2D eigenvalue weighted by molar-refractivity contribution is 0.889. The van der Waals surface area contributed by atoms with Crippen LogP contribution in [0.3, 0.4) is 0 Å². The summed E-state index contributed by atoms with van der Waals surface area (Å²) in [5.41, 5.74) is 1.39. The second kappa shape index (κ2) is 8.71. The second-order valence-electron chi connectivity index (χ2n) is 5.34. The fourth-order valence-corrected chi connectivity index (χ4v) is 2.93. The molecule has 11 heteroatoms. The molecular formula is C16H11Cl5N6. The molecule has 2 heterocycles. The van der Waals surface area contributed by atoms with Crippen molar-refractivity contribution in [3.63, 3.8) is 0 Å². The van der Waals surface area contributed by atoms with Crippen LogP contribution in [-0.2, 0) is 10.2 Å². The Morgan fingerprint density at radius 3 is 2.30 bits per heavy atom. The molecule has 0 aliphatic carbocycles. The van der Waals surface area contributed by atoms with Gasteiger partial charge in [0.15, 0.2) is 11.6 Å². The summed E-state index contributed by atoms with van der Waals surface area (Å²) in [4.78, 5) is 21.0. The minimum atomic E-state index is -1.82. The lowest BCUT2D eigenvalue weighted by Crippen LogP contribution is -2.15. The number of hydrogen-bond acceptors (Lipinski definition) is 6. The summed E-state index contributed by atoms with van der Waals surface area (Å²) in [5.74, 6) is 0.509. The molecule has 0 spiro atoms. The molecule has 3 aromatic rings. The zero-order valence-electron chi connectivity index (χ0n) is 13.5. The third kappa shape index (κ3) is 5.77. The van der Waals surface area contributed by atoms with Crippen molar-refractivity contribution in [3.05, 3.63) is 58.4 Å². The second-order valence-corrected chi connectivity index (χ2v) is 8.49. The first-order valence-electron chi connectivity index (χ1n) is 7.60. The minimum absolute atomic E-state index is 0.0180. The van der Waals surface area contributed by atoms with Gasteiger partial charge in [0.05, 0.1) is 5.69 Å². The zero-order valence-corrected chi connectivity index (χ0v) is 17.3. The van der Waals surface area contributed by atoms with Gasteiger partial charge in [-0.1, -0.05) is 58.0 Å². The Hall–Kier alpha value is -1.44. The topological polar surface area (TPSA) is 76.5 Å². The van der Waals surface area contributed by atoms with Crippen molar-refractivity contribution in [1.82, 2.24) is 24.9 Å². The fourth-order valence-electron chi connectivity index (χ4n) is 2.16. The summed E-state index contributed by atoms with van der Waals surface area (Å²) in [6.45, 7) is 0.498. The Morgan fingerprint density at radius 2 is 1.67 bits per heavy atom. The average molecular weight is 465 g/mol. The monoisotopic (exact) mass is 462 g/mol. The number of nitrogens with zero attached hydrogens (tertiary/aromatic N) is 5. The van der Waals surface area contributed by atoms with E-state index in [-0.39, 0.29) is 17.6 Å². The Kier molecular flexibility index (Phi) is 6.55. The molecule has 0 amide bonds. The minimum Gasteiger partial charge on any atom is -0.354 e. The lowest BCUT2D eigenvalue weighted by atomic mass is 10.2. The van der Waals surface area contributed by atoms with E-state index in [2.05, 4.69) is 30.2 Å². The Morgan fingerprint density at radius 1 is 0.926 bits per heavy atom. The normalized spacial score (nSPS) is 11.4. The zero-order chi connectivity index (χ0) is 19.4. The molecule has 0 radical (unpaired) electrons. The van der Waals surface area contributed by atoms with Crippen LogP contribution in [0, 0.1) is 0 Å². The molecule has 0 atom stereocenters. The molecule has 0 aliphatic heterocycles. The van der Waals surface area contributed by atoms with E-state index < -0.39 is 3.79 Å². The maximum Gasteiger partial charge on any atom is 0.250 e. The molecular weight excluding hydrogens is 453 g/mol. The number of benzene rings is 1. The number of anilines is 1. The van der Waals surface area contributed by atoms with E-state index in [0.29, 0.717) is 28.6 Å². The van der Waals surface area contributed by atoms with E-state index in [1.165, 1.54) is 0 Å². The molecule has 0 saturated carbocycles.